The van der Waals surface area contributed by atoms with E-state index in [9.17, 15) is 4.79 Å². The van der Waals surface area contributed by atoms with Gasteiger partial charge in [-0.15, -0.1) is 0 Å². The number of carbonyl (C=O) groups excluding carboxylic acids is 1. The molecule has 4 nitrogen and oxygen atoms in total. The number of hydrogen-bond acceptors (Lipinski definition) is 3. The second-order valence-electron chi connectivity index (χ2n) is 5.28. The van der Waals surface area contributed by atoms with Crippen molar-refractivity contribution in [1.29, 1.82) is 0 Å². The van der Waals surface area contributed by atoms with Gasteiger partial charge in [-0.3, -0.25) is 0 Å². The molecule has 0 fully saturated rings. The zero-order valence-corrected chi connectivity index (χ0v) is 11.3. The lowest BCUT2D eigenvalue weighted by molar-refractivity contribution is 0.139. The molecule has 0 aliphatic rings. The summed E-state index contributed by atoms with van der Waals surface area (Å²) in [5, 5.41) is 2.75. The first-order chi connectivity index (χ1) is 8.40. The first-order valence-corrected chi connectivity index (χ1v) is 6.13. The van der Waals surface area contributed by atoms with Gasteiger partial charge in [0.15, 0.2) is 0 Å². The van der Waals surface area contributed by atoms with Gasteiger partial charge in [0.05, 0.1) is 6.61 Å². The molecule has 0 spiro atoms. The summed E-state index contributed by atoms with van der Waals surface area (Å²) >= 11 is 0. The number of nitrogens with one attached hydrogen (secondary N) is 1. The molecule has 0 saturated carbocycles. The molecule has 1 aromatic rings. The third kappa shape index (κ3) is 5.68. The number of rotatable bonds is 4. The van der Waals surface area contributed by atoms with E-state index < -0.39 is 0 Å². The molecule has 0 radical (unpaired) electrons. The van der Waals surface area contributed by atoms with Crippen LogP contribution in [0.4, 0.5) is 4.79 Å². The maximum Gasteiger partial charge on any atom is 0.407 e. The number of carbonyl (C=O) groups is 1. The van der Waals surface area contributed by atoms with Gasteiger partial charge in [-0.25, -0.2) is 4.79 Å². The smallest absolute Gasteiger partial charge is 0.407 e. The Kier molecular flexibility index (Phi) is 5.16. The fourth-order valence-electron chi connectivity index (χ4n) is 1.52. The molecule has 1 amide bonds. The van der Waals surface area contributed by atoms with E-state index in [1.807, 2.05) is 45.0 Å². The van der Waals surface area contributed by atoms with Gasteiger partial charge in [-0.1, -0.05) is 24.3 Å². The molecule has 0 bridgehead atoms. The van der Waals surface area contributed by atoms with Crippen molar-refractivity contribution < 1.29 is 9.53 Å². The zero-order chi connectivity index (χ0) is 13.6. The monoisotopic (exact) mass is 250 g/mol. The van der Waals surface area contributed by atoms with E-state index in [1.54, 1.807) is 0 Å². The van der Waals surface area contributed by atoms with Crippen LogP contribution in [-0.4, -0.2) is 18.2 Å². The van der Waals surface area contributed by atoms with Gasteiger partial charge < -0.3 is 15.8 Å². The van der Waals surface area contributed by atoms with Crippen LogP contribution in [0.1, 0.15) is 31.9 Å². The molecule has 0 aliphatic carbocycles. The average molecular weight is 250 g/mol. The Hall–Kier alpha value is -1.55. The fourth-order valence-corrected chi connectivity index (χ4v) is 1.52. The standard InChI is InChI=1S/C14H22N2O2/c1-14(2,3)16-13(17)18-8-7-11-5-4-6-12(9-11)10-15/h4-6,9H,7-8,10,15H2,1-3H3,(H,16,17). The molecule has 0 saturated heterocycles. The summed E-state index contributed by atoms with van der Waals surface area (Å²) in [5.41, 5.74) is 7.52. The van der Waals surface area contributed by atoms with Crippen LogP contribution in [0.5, 0.6) is 0 Å². The molecule has 0 unspecified atom stereocenters. The van der Waals surface area contributed by atoms with Crippen molar-refractivity contribution in [3.8, 4) is 0 Å². The quantitative estimate of drug-likeness (QED) is 0.861. The Morgan fingerprint density at radius 3 is 2.61 bits per heavy atom. The maximum atomic E-state index is 11.4. The molecule has 4 heteroatoms. The Morgan fingerprint density at radius 1 is 1.33 bits per heavy atom. The topological polar surface area (TPSA) is 64.3 Å². The van der Waals surface area contributed by atoms with Crippen LogP contribution in [0.3, 0.4) is 0 Å². The molecular weight excluding hydrogens is 228 g/mol. The van der Waals surface area contributed by atoms with Crippen LogP contribution in [-0.2, 0) is 17.7 Å². The third-order valence-corrected chi connectivity index (χ3v) is 2.33. The van der Waals surface area contributed by atoms with Gasteiger partial charge in [0.2, 0.25) is 0 Å². The highest BCUT2D eigenvalue weighted by atomic mass is 16.5. The Bertz CT molecular complexity index is 397. The molecule has 3 N–H and O–H groups in total. The molecule has 0 aliphatic heterocycles. The second-order valence-corrected chi connectivity index (χ2v) is 5.28. The van der Waals surface area contributed by atoms with Gasteiger partial charge in [-0.05, 0) is 31.9 Å². The van der Waals surface area contributed by atoms with E-state index in [4.69, 9.17) is 10.5 Å². The van der Waals surface area contributed by atoms with Crippen LogP contribution in [0, 0.1) is 0 Å². The Morgan fingerprint density at radius 2 is 2.00 bits per heavy atom. The first kappa shape index (κ1) is 14.5. The Balaban J connectivity index is 2.35. The summed E-state index contributed by atoms with van der Waals surface area (Å²) in [5.74, 6) is 0. The molecule has 18 heavy (non-hydrogen) atoms. The van der Waals surface area contributed by atoms with Crippen LogP contribution in [0.25, 0.3) is 0 Å². The van der Waals surface area contributed by atoms with E-state index in [0.29, 0.717) is 19.6 Å². The van der Waals surface area contributed by atoms with Crippen molar-refractivity contribution in [1.82, 2.24) is 5.32 Å². The van der Waals surface area contributed by atoms with Crippen LogP contribution >= 0.6 is 0 Å². The highest BCUT2D eigenvalue weighted by Crippen LogP contribution is 2.06. The normalized spacial score (nSPS) is 11.1. The van der Waals surface area contributed by atoms with E-state index in [0.717, 1.165) is 11.1 Å². The molecule has 1 aromatic carbocycles. The lowest BCUT2D eigenvalue weighted by Gasteiger charge is -2.19. The van der Waals surface area contributed by atoms with Crippen LogP contribution in [0.2, 0.25) is 0 Å². The minimum Gasteiger partial charge on any atom is -0.449 e. The van der Waals surface area contributed by atoms with Crippen molar-refractivity contribution in [2.24, 2.45) is 5.73 Å². The van der Waals surface area contributed by atoms with Crippen molar-refractivity contribution >= 4 is 6.09 Å². The minimum absolute atomic E-state index is 0.267. The highest BCUT2D eigenvalue weighted by molar-refractivity contribution is 5.68. The third-order valence-electron chi connectivity index (χ3n) is 2.33. The average Bonchev–Trinajstić information content (AvgIpc) is 2.27. The predicted octanol–water partition coefficient (Wildman–Crippen LogP) is 2.21. The summed E-state index contributed by atoms with van der Waals surface area (Å²) in [6.07, 6.45) is 0.322. The minimum atomic E-state index is -0.377. The summed E-state index contributed by atoms with van der Waals surface area (Å²) < 4.78 is 5.11. The van der Waals surface area contributed by atoms with Gasteiger partial charge in [0.1, 0.15) is 0 Å². The van der Waals surface area contributed by atoms with Crippen molar-refractivity contribution in [3.05, 3.63) is 35.4 Å². The number of hydrogen-bond donors (Lipinski definition) is 2. The van der Waals surface area contributed by atoms with Crippen molar-refractivity contribution in [3.63, 3.8) is 0 Å². The van der Waals surface area contributed by atoms with Gasteiger partial charge >= 0.3 is 6.09 Å². The summed E-state index contributed by atoms with van der Waals surface area (Å²) in [7, 11) is 0. The SMILES string of the molecule is CC(C)(C)NC(=O)OCCc1cccc(CN)c1. The number of ether oxygens (including phenoxy) is 1. The Labute approximate surface area is 109 Å². The maximum absolute atomic E-state index is 11.4. The number of amides is 1. The number of nitrogens with two attached hydrogens (primary N) is 1. The summed E-state index contributed by atoms with van der Waals surface area (Å²) in [6, 6.07) is 7.98. The molecule has 0 heterocycles. The van der Waals surface area contributed by atoms with Gasteiger partial charge in [0.25, 0.3) is 0 Å². The predicted molar refractivity (Wildman–Crippen MR) is 72.3 cm³/mol. The largest absolute Gasteiger partial charge is 0.449 e. The van der Waals surface area contributed by atoms with E-state index in [-0.39, 0.29) is 11.6 Å². The first-order valence-electron chi connectivity index (χ1n) is 6.13. The van der Waals surface area contributed by atoms with Gasteiger partial charge in [0, 0.05) is 18.5 Å². The fraction of sp³-hybridized carbons (Fsp3) is 0.500. The molecule has 100 valence electrons. The molecule has 0 atom stereocenters. The molecular formula is C14H22N2O2. The number of benzene rings is 1. The zero-order valence-electron chi connectivity index (χ0n) is 11.3. The van der Waals surface area contributed by atoms with Crippen LogP contribution < -0.4 is 11.1 Å². The van der Waals surface area contributed by atoms with Crippen LogP contribution in [0.15, 0.2) is 24.3 Å². The number of alkyl carbamates (subject to hydrolysis) is 1. The highest BCUT2D eigenvalue weighted by Gasteiger charge is 2.14. The lowest BCUT2D eigenvalue weighted by atomic mass is 10.1. The molecule has 0 aromatic heterocycles. The summed E-state index contributed by atoms with van der Waals surface area (Å²) in [4.78, 5) is 11.4. The van der Waals surface area contributed by atoms with E-state index >= 15 is 0 Å². The molecule has 1 rings (SSSR count). The summed E-state index contributed by atoms with van der Waals surface area (Å²) in [6.45, 7) is 6.64. The second kappa shape index (κ2) is 6.40. The van der Waals surface area contributed by atoms with Crippen molar-refractivity contribution in [2.45, 2.75) is 39.3 Å². The van der Waals surface area contributed by atoms with Crippen molar-refractivity contribution in [2.75, 3.05) is 6.61 Å². The van der Waals surface area contributed by atoms with E-state index in [2.05, 4.69) is 5.32 Å². The lowest BCUT2D eigenvalue weighted by Crippen LogP contribution is -2.41. The van der Waals surface area contributed by atoms with Gasteiger partial charge in [-0.2, -0.15) is 0 Å². The van der Waals surface area contributed by atoms with E-state index in [1.165, 1.54) is 0 Å².